The van der Waals surface area contributed by atoms with Gasteiger partial charge in [-0.05, 0) is 18.6 Å². The summed E-state index contributed by atoms with van der Waals surface area (Å²) < 4.78 is 62.0. The minimum Gasteiger partial charge on any atom is -0.365 e. The summed E-state index contributed by atoms with van der Waals surface area (Å²) in [5, 5.41) is 12.8. The normalized spacial score (nSPS) is 19.6. The van der Waals surface area contributed by atoms with Crippen LogP contribution >= 0.6 is 0 Å². The molecule has 0 aliphatic carbocycles. The van der Waals surface area contributed by atoms with E-state index in [1.165, 1.54) is 24.4 Å². The average Bonchev–Trinajstić information content (AvgIpc) is 2.86. The molecule has 134 valence electrons. The van der Waals surface area contributed by atoms with Crippen LogP contribution in [0.1, 0.15) is 12.0 Å². The van der Waals surface area contributed by atoms with Crippen molar-refractivity contribution >= 4 is 27.3 Å². The molecular formula is C14H14F3N5O2S. The lowest BCUT2D eigenvalue weighted by atomic mass is 10.1. The molecule has 1 aromatic carbocycles. The Labute approximate surface area is 141 Å². The van der Waals surface area contributed by atoms with E-state index >= 15 is 0 Å². The summed E-state index contributed by atoms with van der Waals surface area (Å²) in [7, 11) is -3.06. The number of para-hydroxylation sites is 1. The Morgan fingerprint density at radius 1 is 1.20 bits per heavy atom. The Morgan fingerprint density at radius 3 is 2.64 bits per heavy atom. The molecule has 1 atom stereocenters. The molecular weight excluding hydrogens is 359 g/mol. The number of rotatable bonds is 4. The van der Waals surface area contributed by atoms with Crippen LogP contribution in [0.4, 0.5) is 30.6 Å². The standard InChI is InChI=1S/C14H14F3N5O2S/c15-14(16,17)10-3-1-2-4-11(10)20-13-21-12(7-18-22-13)19-9-5-6-25(23,24)8-9/h1-4,7,9H,5-6,8H2,(H2,19,20,21,22). The van der Waals surface area contributed by atoms with E-state index in [0.717, 1.165) is 6.07 Å². The van der Waals surface area contributed by atoms with Crippen LogP contribution in [0.2, 0.25) is 0 Å². The molecule has 0 amide bonds. The van der Waals surface area contributed by atoms with Gasteiger partial charge in [-0.25, -0.2) is 8.42 Å². The van der Waals surface area contributed by atoms with E-state index in [1.807, 2.05) is 0 Å². The second-order valence-corrected chi connectivity index (χ2v) is 7.81. The van der Waals surface area contributed by atoms with Gasteiger partial charge in [-0.3, -0.25) is 0 Å². The first kappa shape index (κ1) is 17.4. The summed E-state index contributed by atoms with van der Waals surface area (Å²) in [5.41, 5.74) is -1.05. The zero-order valence-corrected chi connectivity index (χ0v) is 13.6. The van der Waals surface area contributed by atoms with Gasteiger partial charge in [0, 0.05) is 6.04 Å². The first-order valence-electron chi connectivity index (χ1n) is 7.33. The molecule has 2 aromatic rings. The summed E-state index contributed by atoms with van der Waals surface area (Å²) >= 11 is 0. The molecule has 2 heterocycles. The molecule has 1 aliphatic rings. The lowest BCUT2D eigenvalue weighted by Gasteiger charge is -2.14. The maximum atomic E-state index is 13.0. The van der Waals surface area contributed by atoms with E-state index in [-0.39, 0.29) is 35.0 Å². The third-order valence-electron chi connectivity index (χ3n) is 3.62. The molecule has 0 saturated carbocycles. The van der Waals surface area contributed by atoms with Crippen LogP contribution < -0.4 is 10.6 Å². The molecule has 2 N–H and O–H groups in total. The summed E-state index contributed by atoms with van der Waals surface area (Å²) in [4.78, 5) is 4.04. The van der Waals surface area contributed by atoms with Crippen molar-refractivity contribution in [3.05, 3.63) is 36.0 Å². The molecule has 1 aromatic heterocycles. The monoisotopic (exact) mass is 373 g/mol. The molecule has 1 aliphatic heterocycles. The van der Waals surface area contributed by atoms with Gasteiger partial charge in [-0.1, -0.05) is 12.1 Å². The van der Waals surface area contributed by atoms with Gasteiger partial charge in [-0.2, -0.15) is 23.3 Å². The number of nitrogens with one attached hydrogen (secondary N) is 2. The topological polar surface area (TPSA) is 96.9 Å². The lowest BCUT2D eigenvalue weighted by molar-refractivity contribution is -0.136. The van der Waals surface area contributed by atoms with E-state index in [4.69, 9.17) is 0 Å². The number of nitrogens with zero attached hydrogens (tertiary/aromatic N) is 3. The highest BCUT2D eigenvalue weighted by Gasteiger charge is 2.33. The summed E-state index contributed by atoms with van der Waals surface area (Å²) in [6, 6.07) is 4.64. The second kappa shape index (κ2) is 6.47. The molecule has 3 rings (SSSR count). The van der Waals surface area contributed by atoms with E-state index < -0.39 is 21.6 Å². The molecule has 0 spiro atoms. The van der Waals surface area contributed by atoms with Gasteiger partial charge in [0.25, 0.3) is 0 Å². The number of alkyl halides is 3. The van der Waals surface area contributed by atoms with Crippen molar-refractivity contribution in [2.75, 3.05) is 22.1 Å². The van der Waals surface area contributed by atoms with Crippen molar-refractivity contribution in [3.8, 4) is 0 Å². The van der Waals surface area contributed by atoms with Crippen LogP contribution in [0.5, 0.6) is 0 Å². The van der Waals surface area contributed by atoms with Gasteiger partial charge >= 0.3 is 6.18 Å². The van der Waals surface area contributed by atoms with Crippen LogP contribution in [-0.2, 0) is 16.0 Å². The predicted octanol–water partition coefficient (Wildman–Crippen LogP) is 2.23. The van der Waals surface area contributed by atoms with E-state index in [9.17, 15) is 21.6 Å². The molecule has 25 heavy (non-hydrogen) atoms. The first-order chi connectivity index (χ1) is 11.7. The number of halogens is 3. The Hall–Kier alpha value is -2.43. The third kappa shape index (κ3) is 4.35. The van der Waals surface area contributed by atoms with Crippen molar-refractivity contribution in [3.63, 3.8) is 0 Å². The van der Waals surface area contributed by atoms with Crippen LogP contribution in [0.15, 0.2) is 30.5 Å². The SMILES string of the molecule is O=S1(=O)CCC(Nc2cnnc(Nc3ccccc3C(F)(F)F)n2)C1. The van der Waals surface area contributed by atoms with Gasteiger partial charge < -0.3 is 10.6 Å². The van der Waals surface area contributed by atoms with Crippen molar-refractivity contribution in [1.82, 2.24) is 15.2 Å². The van der Waals surface area contributed by atoms with Crippen molar-refractivity contribution in [2.45, 2.75) is 18.6 Å². The maximum Gasteiger partial charge on any atom is 0.418 e. The molecule has 1 fully saturated rings. The smallest absolute Gasteiger partial charge is 0.365 e. The minimum atomic E-state index is -4.52. The maximum absolute atomic E-state index is 13.0. The van der Waals surface area contributed by atoms with Gasteiger partial charge in [0.05, 0.1) is 29.0 Å². The van der Waals surface area contributed by atoms with Gasteiger partial charge in [0.15, 0.2) is 15.7 Å². The van der Waals surface area contributed by atoms with Crippen LogP contribution in [-0.4, -0.2) is 41.1 Å². The predicted molar refractivity (Wildman–Crippen MR) is 85.2 cm³/mol. The van der Waals surface area contributed by atoms with E-state index in [2.05, 4.69) is 25.8 Å². The summed E-state index contributed by atoms with van der Waals surface area (Å²) in [6.07, 6.45) is -2.80. The molecule has 0 radical (unpaired) electrons. The summed E-state index contributed by atoms with van der Waals surface area (Å²) in [5.74, 6) is 0.191. The summed E-state index contributed by atoms with van der Waals surface area (Å²) in [6.45, 7) is 0. The van der Waals surface area contributed by atoms with Gasteiger partial charge in [0.1, 0.15) is 0 Å². The minimum absolute atomic E-state index is 0.0172. The Kier molecular flexibility index (Phi) is 4.50. The van der Waals surface area contributed by atoms with Gasteiger partial charge in [-0.15, -0.1) is 5.10 Å². The highest BCUT2D eigenvalue weighted by molar-refractivity contribution is 7.91. The second-order valence-electron chi connectivity index (χ2n) is 5.58. The Bertz CT molecular complexity index is 873. The number of benzene rings is 1. The van der Waals surface area contributed by atoms with Crippen molar-refractivity contribution < 1.29 is 21.6 Å². The average molecular weight is 373 g/mol. The zero-order chi connectivity index (χ0) is 18.1. The van der Waals surface area contributed by atoms with E-state index in [0.29, 0.717) is 6.42 Å². The number of hydrogen-bond donors (Lipinski definition) is 2. The van der Waals surface area contributed by atoms with E-state index in [1.54, 1.807) is 0 Å². The largest absolute Gasteiger partial charge is 0.418 e. The fourth-order valence-electron chi connectivity index (χ4n) is 2.50. The van der Waals surface area contributed by atoms with Crippen molar-refractivity contribution in [1.29, 1.82) is 0 Å². The lowest BCUT2D eigenvalue weighted by Crippen LogP contribution is -2.21. The third-order valence-corrected chi connectivity index (χ3v) is 5.39. The first-order valence-corrected chi connectivity index (χ1v) is 9.15. The van der Waals surface area contributed by atoms with Crippen LogP contribution in [0.3, 0.4) is 0 Å². The zero-order valence-electron chi connectivity index (χ0n) is 12.8. The van der Waals surface area contributed by atoms with Crippen molar-refractivity contribution in [2.24, 2.45) is 0 Å². The number of anilines is 3. The Morgan fingerprint density at radius 2 is 1.96 bits per heavy atom. The van der Waals surface area contributed by atoms with Gasteiger partial charge in [0.2, 0.25) is 5.95 Å². The Balaban J connectivity index is 1.77. The highest BCUT2D eigenvalue weighted by atomic mass is 32.2. The quantitative estimate of drug-likeness (QED) is 0.848. The molecule has 0 bridgehead atoms. The van der Waals surface area contributed by atoms with Crippen LogP contribution in [0, 0.1) is 0 Å². The fourth-order valence-corrected chi connectivity index (χ4v) is 4.18. The number of aromatic nitrogens is 3. The molecule has 1 saturated heterocycles. The highest BCUT2D eigenvalue weighted by Crippen LogP contribution is 2.35. The molecule has 7 nitrogen and oxygen atoms in total. The number of sulfone groups is 1. The van der Waals surface area contributed by atoms with Crippen LogP contribution in [0.25, 0.3) is 0 Å². The molecule has 11 heteroatoms. The number of hydrogen-bond acceptors (Lipinski definition) is 7. The molecule has 1 unspecified atom stereocenters. The fraction of sp³-hybridized carbons (Fsp3) is 0.357.